The van der Waals surface area contributed by atoms with E-state index in [0.717, 1.165) is 37.6 Å². The van der Waals surface area contributed by atoms with E-state index in [1.54, 1.807) is 36.4 Å². The highest BCUT2D eigenvalue weighted by Gasteiger charge is 2.21. The van der Waals surface area contributed by atoms with Gasteiger partial charge in [-0.15, -0.1) is 0 Å². The molecule has 1 N–H and O–H groups in total. The molecule has 34 heavy (non-hydrogen) atoms. The molecule has 4 rings (SSSR count). The van der Waals surface area contributed by atoms with E-state index < -0.39 is 5.97 Å². The number of anilines is 2. The minimum absolute atomic E-state index is 0.315. The molecule has 2 heterocycles. The zero-order valence-electron chi connectivity index (χ0n) is 19.4. The van der Waals surface area contributed by atoms with Crippen molar-refractivity contribution in [3.63, 3.8) is 0 Å². The van der Waals surface area contributed by atoms with E-state index in [0.29, 0.717) is 29.1 Å². The third-order valence-electron chi connectivity index (χ3n) is 5.84. The number of hydrogen-bond acceptors (Lipinski definition) is 7. The van der Waals surface area contributed by atoms with Crippen LogP contribution in [-0.4, -0.2) is 62.2 Å². The van der Waals surface area contributed by atoms with Gasteiger partial charge in [-0.05, 0) is 42.0 Å². The van der Waals surface area contributed by atoms with E-state index >= 15 is 0 Å². The van der Waals surface area contributed by atoms with Gasteiger partial charge in [0.25, 0.3) is 5.91 Å². The molecule has 2 aromatic carbocycles. The number of nitrogens with one attached hydrogen (secondary N) is 1. The van der Waals surface area contributed by atoms with Gasteiger partial charge in [0.15, 0.2) is 0 Å². The molecule has 0 unspecified atom stereocenters. The highest BCUT2D eigenvalue weighted by Crippen LogP contribution is 2.24. The van der Waals surface area contributed by atoms with Gasteiger partial charge in [-0.3, -0.25) is 9.69 Å². The van der Waals surface area contributed by atoms with E-state index in [1.807, 2.05) is 30.5 Å². The number of piperazine rings is 1. The van der Waals surface area contributed by atoms with Crippen LogP contribution in [0.2, 0.25) is 0 Å². The van der Waals surface area contributed by atoms with Gasteiger partial charge in [0, 0.05) is 38.9 Å². The molecule has 0 spiro atoms. The molecular weight excluding hydrogens is 432 g/mol. The lowest BCUT2D eigenvalue weighted by atomic mass is 10.1. The normalized spacial score (nSPS) is 13.9. The Labute approximate surface area is 199 Å². The maximum Gasteiger partial charge on any atom is 0.339 e. The smallest absolute Gasteiger partial charge is 0.339 e. The Balaban J connectivity index is 1.46. The first-order valence-corrected chi connectivity index (χ1v) is 11.1. The fourth-order valence-electron chi connectivity index (χ4n) is 4.03. The summed E-state index contributed by atoms with van der Waals surface area (Å²) in [4.78, 5) is 34.4. The Hall–Kier alpha value is -3.91. The molecule has 3 aromatic rings. The minimum Gasteiger partial charge on any atom is -0.496 e. The van der Waals surface area contributed by atoms with Gasteiger partial charge in [-0.25, -0.2) is 9.78 Å². The van der Waals surface area contributed by atoms with E-state index in [1.165, 1.54) is 14.2 Å². The third kappa shape index (κ3) is 5.35. The van der Waals surface area contributed by atoms with Crippen molar-refractivity contribution in [2.75, 3.05) is 50.6 Å². The summed E-state index contributed by atoms with van der Waals surface area (Å²) in [6.45, 7) is 4.23. The predicted octanol–water partition coefficient (Wildman–Crippen LogP) is 3.45. The Morgan fingerprint density at radius 2 is 1.71 bits per heavy atom. The largest absolute Gasteiger partial charge is 0.496 e. The predicted molar refractivity (Wildman–Crippen MR) is 130 cm³/mol. The van der Waals surface area contributed by atoms with Crippen LogP contribution in [-0.2, 0) is 11.3 Å². The maximum atomic E-state index is 12.8. The van der Waals surface area contributed by atoms with Crippen molar-refractivity contribution < 1.29 is 19.1 Å². The monoisotopic (exact) mass is 460 g/mol. The number of amides is 1. The van der Waals surface area contributed by atoms with Crippen LogP contribution < -0.4 is 15.0 Å². The standard InChI is InChI=1S/C26H28N4O4/c1-33-23-8-4-3-7-20(23)25(31)28-22-11-10-19(17-21(22)26(32)34-2)18-29-13-15-30(16-14-29)24-9-5-6-12-27-24/h3-12,17H,13-16,18H2,1-2H3,(H,28,31). The quantitative estimate of drug-likeness (QED) is 0.541. The van der Waals surface area contributed by atoms with Crippen molar-refractivity contribution in [3.8, 4) is 5.75 Å². The number of pyridine rings is 1. The lowest BCUT2D eigenvalue weighted by molar-refractivity contribution is 0.0601. The van der Waals surface area contributed by atoms with E-state index in [9.17, 15) is 9.59 Å². The second-order valence-electron chi connectivity index (χ2n) is 7.98. The molecule has 176 valence electrons. The van der Waals surface area contributed by atoms with E-state index in [-0.39, 0.29) is 5.91 Å². The summed E-state index contributed by atoms with van der Waals surface area (Å²) in [5.41, 5.74) is 2.07. The van der Waals surface area contributed by atoms with Gasteiger partial charge in [0.2, 0.25) is 0 Å². The van der Waals surface area contributed by atoms with Crippen LogP contribution >= 0.6 is 0 Å². The molecule has 8 heteroatoms. The van der Waals surface area contributed by atoms with Gasteiger partial charge in [-0.2, -0.15) is 0 Å². The fourth-order valence-corrected chi connectivity index (χ4v) is 4.03. The number of hydrogen-bond donors (Lipinski definition) is 1. The third-order valence-corrected chi connectivity index (χ3v) is 5.84. The van der Waals surface area contributed by atoms with Crippen molar-refractivity contribution >= 4 is 23.4 Å². The molecule has 1 aliphatic heterocycles. The second-order valence-corrected chi connectivity index (χ2v) is 7.98. The topological polar surface area (TPSA) is 84.0 Å². The average Bonchev–Trinajstić information content (AvgIpc) is 2.90. The molecule has 0 bridgehead atoms. The molecule has 0 atom stereocenters. The lowest BCUT2D eigenvalue weighted by Crippen LogP contribution is -2.46. The van der Waals surface area contributed by atoms with Gasteiger partial charge in [0.05, 0.1) is 31.0 Å². The van der Waals surface area contributed by atoms with Crippen molar-refractivity contribution in [1.29, 1.82) is 0 Å². The molecule has 1 fully saturated rings. The van der Waals surface area contributed by atoms with Gasteiger partial charge < -0.3 is 19.7 Å². The lowest BCUT2D eigenvalue weighted by Gasteiger charge is -2.35. The summed E-state index contributed by atoms with van der Waals surface area (Å²) in [6, 6.07) is 18.3. The first-order valence-electron chi connectivity index (χ1n) is 11.1. The average molecular weight is 461 g/mol. The Morgan fingerprint density at radius 3 is 2.41 bits per heavy atom. The Bertz CT molecular complexity index is 1140. The van der Waals surface area contributed by atoms with E-state index in [4.69, 9.17) is 9.47 Å². The number of benzene rings is 2. The van der Waals surface area contributed by atoms with Crippen LogP contribution in [0, 0.1) is 0 Å². The summed E-state index contributed by atoms with van der Waals surface area (Å²) < 4.78 is 10.3. The van der Waals surface area contributed by atoms with Gasteiger partial charge in [-0.1, -0.05) is 24.3 Å². The number of esters is 1. The number of carbonyl (C=O) groups excluding carboxylic acids is 2. The van der Waals surface area contributed by atoms with Crippen LogP contribution in [0.1, 0.15) is 26.3 Å². The summed E-state index contributed by atoms with van der Waals surface area (Å²) >= 11 is 0. The van der Waals surface area contributed by atoms with Crippen LogP contribution in [0.15, 0.2) is 66.9 Å². The summed E-state index contributed by atoms with van der Waals surface area (Å²) in [5.74, 6) is 0.587. The molecule has 0 aliphatic carbocycles. The van der Waals surface area contributed by atoms with Gasteiger partial charge in [0.1, 0.15) is 11.6 Å². The zero-order valence-corrected chi connectivity index (χ0v) is 19.4. The summed E-state index contributed by atoms with van der Waals surface area (Å²) in [5, 5.41) is 2.82. The SMILES string of the molecule is COC(=O)c1cc(CN2CCN(c3ccccn3)CC2)ccc1NC(=O)c1ccccc1OC. The number of rotatable bonds is 7. The molecule has 1 aromatic heterocycles. The van der Waals surface area contributed by atoms with Crippen molar-refractivity contribution in [2.24, 2.45) is 0 Å². The van der Waals surface area contributed by atoms with Gasteiger partial charge >= 0.3 is 5.97 Å². The summed E-state index contributed by atoms with van der Waals surface area (Å²) in [7, 11) is 2.84. The first-order chi connectivity index (χ1) is 16.6. The van der Waals surface area contributed by atoms with Crippen molar-refractivity contribution in [1.82, 2.24) is 9.88 Å². The Morgan fingerprint density at radius 1 is 0.941 bits per heavy atom. The first kappa shape index (κ1) is 23.3. The Kier molecular flexibility index (Phi) is 7.39. The van der Waals surface area contributed by atoms with Crippen LogP contribution in [0.4, 0.5) is 11.5 Å². The summed E-state index contributed by atoms with van der Waals surface area (Å²) in [6.07, 6.45) is 1.81. The number of aromatic nitrogens is 1. The van der Waals surface area contributed by atoms with Crippen molar-refractivity contribution in [2.45, 2.75) is 6.54 Å². The molecule has 1 aliphatic rings. The molecule has 1 amide bonds. The van der Waals surface area contributed by atoms with Crippen LogP contribution in [0.3, 0.4) is 0 Å². The molecular formula is C26H28N4O4. The molecule has 8 nitrogen and oxygen atoms in total. The highest BCUT2D eigenvalue weighted by molar-refractivity contribution is 6.09. The minimum atomic E-state index is -0.503. The van der Waals surface area contributed by atoms with Crippen molar-refractivity contribution in [3.05, 3.63) is 83.6 Å². The number of methoxy groups -OCH3 is 2. The maximum absolute atomic E-state index is 12.8. The number of carbonyl (C=O) groups is 2. The molecule has 0 radical (unpaired) electrons. The second kappa shape index (κ2) is 10.8. The number of ether oxygens (including phenoxy) is 2. The van der Waals surface area contributed by atoms with E-state index in [2.05, 4.69) is 20.1 Å². The molecule has 1 saturated heterocycles. The number of nitrogens with zero attached hydrogens (tertiary/aromatic N) is 3. The molecule has 0 saturated carbocycles. The fraction of sp³-hybridized carbons (Fsp3) is 0.269. The van der Waals surface area contributed by atoms with Crippen LogP contribution in [0.5, 0.6) is 5.75 Å². The zero-order chi connectivity index (χ0) is 23.9. The van der Waals surface area contributed by atoms with Crippen LogP contribution in [0.25, 0.3) is 0 Å². The highest BCUT2D eigenvalue weighted by atomic mass is 16.5. The number of para-hydroxylation sites is 1.